The van der Waals surface area contributed by atoms with E-state index in [1.54, 1.807) is 18.2 Å². The Kier molecular flexibility index (Phi) is 9.06. The molecule has 3 aromatic heterocycles. The Morgan fingerprint density at radius 2 is 1.98 bits per heavy atom. The predicted molar refractivity (Wildman–Crippen MR) is 198 cm³/mol. The van der Waals surface area contributed by atoms with E-state index < -0.39 is 5.82 Å². The molecule has 260 valence electrons. The summed E-state index contributed by atoms with van der Waals surface area (Å²) >= 11 is 5.88. The van der Waals surface area contributed by atoms with Gasteiger partial charge < -0.3 is 24.3 Å². The summed E-state index contributed by atoms with van der Waals surface area (Å²) < 4.78 is 28.1. The van der Waals surface area contributed by atoms with Crippen molar-refractivity contribution in [3.8, 4) is 5.88 Å². The minimum absolute atomic E-state index is 0.0663. The Morgan fingerprint density at radius 1 is 1.10 bits per heavy atom. The number of halogens is 2. The minimum atomic E-state index is -0.401. The molecule has 0 spiro atoms. The van der Waals surface area contributed by atoms with Gasteiger partial charge in [-0.1, -0.05) is 29.8 Å². The van der Waals surface area contributed by atoms with Crippen LogP contribution in [-0.2, 0) is 24.4 Å². The first-order chi connectivity index (χ1) is 24.8. The van der Waals surface area contributed by atoms with Crippen LogP contribution in [0.2, 0.25) is 5.02 Å². The molecule has 9 nitrogen and oxygen atoms in total. The molecule has 8 rings (SSSR count). The molecule has 11 heteroatoms. The van der Waals surface area contributed by atoms with E-state index in [2.05, 4.69) is 25.8 Å². The highest BCUT2D eigenvalue weighted by Gasteiger charge is 2.24. The van der Waals surface area contributed by atoms with E-state index in [-0.39, 0.29) is 18.6 Å². The summed E-state index contributed by atoms with van der Waals surface area (Å²) in [7, 11) is 0. The molecule has 3 aromatic carbocycles. The number of amides is 1. The normalized spacial score (nSPS) is 16.3. The number of aromatic nitrogens is 4. The molecule has 0 unspecified atom stereocenters. The molecule has 0 bridgehead atoms. The number of ether oxygens (including phenoxy) is 2. The first-order valence-corrected chi connectivity index (χ1v) is 17.6. The summed E-state index contributed by atoms with van der Waals surface area (Å²) in [5.41, 5.74) is 8.80. The average molecular weight is 705 g/mol. The second-order valence-corrected chi connectivity index (χ2v) is 13.8. The van der Waals surface area contributed by atoms with Crippen LogP contribution >= 0.6 is 11.6 Å². The third kappa shape index (κ3) is 6.99. The van der Waals surface area contributed by atoms with E-state index in [1.165, 1.54) is 6.07 Å². The molecule has 0 radical (unpaired) electrons. The lowest BCUT2D eigenvalue weighted by Crippen LogP contribution is -2.33. The van der Waals surface area contributed by atoms with Crippen molar-refractivity contribution in [3.05, 3.63) is 124 Å². The number of carbonyl (C=O) groups is 1. The summed E-state index contributed by atoms with van der Waals surface area (Å²) in [4.78, 5) is 28.8. The van der Waals surface area contributed by atoms with Crippen LogP contribution in [-0.4, -0.2) is 56.1 Å². The molecule has 1 atom stereocenters. The summed E-state index contributed by atoms with van der Waals surface area (Å²) in [6.45, 7) is 7.89. The van der Waals surface area contributed by atoms with Gasteiger partial charge in [-0.15, -0.1) is 0 Å². The van der Waals surface area contributed by atoms with Crippen LogP contribution in [0.15, 0.2) is 79.0 Å². The van der Waals surface area contributed by atoms with Crippen molar-refractivity contribution in [1.82, 2.24) is 24.4 Å². The van der Waals surface area contributed by atoms with Gasteiger partial charge in [-0.25, -0.2) is 14.4 Å². The molecule has 1 saturated heterocycles. The molecule has 2 aliphatic heterocycles. The lowest BCUT2D eigenvalue weighted by Gasteiger charge is -2.29. The van der Waals surface area contributed by atoms with Gasteiger partial charge in [0.2, 0.25) is 5.88 Å². The zero-order chi connectivity index (χ0) is 35.1. The van der Waals surface area contributed by atoms with Crippen molar-refractivity contribution in [2.45, 2.75) is 52.5 Å². The van der Waals surface area contributed by atoms with Gasteiger partial charge in [-0.05, 0) is 91.9 Å². The first-order valence-electron chi connectivity index (χ1n) is 17.2. The van der Waals surface area contributed by atoms with Crippen molar-refractivity contribution in [2.24, 2.45) is 0 Å². The smallest absolute Gasteiger partial charge is 0.255 e. The number of aromatic amines is 1. The fraction of sp³-hybridized carbons (Fsp3) is 0.275. The Hall–Kier alpha value is -5.03. The van der Waals surface area contributed by atoms with Gasteiger partial charge in [-0.2, -0.15) is 0 Å². The zero-order valence-electron chi connectivity index (χ0n) is 28.5. The van der Waals surface area contributed by atoms with Gasteiger partial charge in [0.15, 0.2) is 0 Å². The number of H-pyrrole nitrogens is 1. The zero-order valence-corrected chi connectivity index (χ0v) is 29.3. The van der Waals surface area contributed by atoms with E-state index in [0.717, 1.165) is 89.2 Å². The quantitative estimate of drug-likeness (QED) is 0.149. The SMILES string of the molecule is Cc1c[nH]c2c(C)cc(C(=O)Nc3ccc4c(c3)nc(CN3CC=C(c5cccc(OCc6ccc(Cl)cc6F)n5)CC3)n4C[C@@H]3CCO3)cc12. The summed E-state index contributed by atoms with van der Waals surface area (Å²) in [5.74, 6) is 0.856. The maximum atomic E-state index is 14.2. The third-order valence-corrected chi connectivity index (χ3v) is 10.1. The van der Waals surface area contributed by atoms with Crippen LogP contribution in [0, 0.1) is 19.7 Å². The first kappa shape index (κ1) is 33.1. The minimum Gasteiger partial charge on any atom is -0.473 e. The number of anilines is 1. The van der Waals surface area contributed by atoms with E-state index in [0.29, 0.717) is 34.3 Å². The Morgan fingerprint density at radius 3 is 2.76 bits per heavy atom. The second kappa shape index (κ2) is 13.9. The lowest BCUT2D eigenvalue weighted by atomic mass is 10.0. The lowest BCUT2D eigenvalue weighted by molar-refractivity contribution is -0.0591. The summed E-state index contributed by atoms with van der Waals surface area (Å²) in [6, 6.07) is 20.0. The standard InChI is InChI=1S/C40H38ClFN6O3/c1-24-16-28(17-32-25(2)20-43-39(24)32)40(49)44-30-8-9-36-35(19-30)45-37(48(36)21-31-12-15-50-31)22-47-13-10-26(11-14-47)34-4-3-5-38(46-34)51-23-27-6-7-29(41)18-33(27)42/h3-10,16-20,31,43H,11-15,21-23H2,1-2H3,(H,44,49)/t31-/m0/s1. The van der Waals surface area contributed by atoms with Crippen molar-refractivity contribution in [1.29, 1.82) is 0 Å². The highest BCUT2D eigenvalue weighted by molar-refractivity contribution is 6.30. The number of pyridine rings is 1. The Bertz CT molecular complexity index is 2310. The number of fused-ring (bicyclic) bond motifs is 2. The van der Waals surface area contributed by atoms with Gasteiger partial charge in [0.1, 0.15) is 18.2 Å². The predicted octanol–water partition coefficient (Wildman–Crippen LogP) is 8.23. The van der Waals surface area contributed by atoms with E-state index in [1.807, 2.05) is 62.5 Å². The van der Waals surface area contributed by atoms with Gasteiger partial charge in [0.05, 0.1) is 35.9 Å². The fourth-order valence-electron chi connectivity index (χ4n) is 6.85. The van der Waals surface area contributed by atoms with Gasteiger partial charge in [0.25, 0.3) is 5.91 Å². The fourth-order valence-corrected chi connectivity index (χ4v) is 7.01. The number of hydrogen-bond acceptors (Lipinski definition) is 6. The van der Waals surface area contributed by atoms with Crippen LogP contribution < -0.4 is 10.1 Å². The van der Waals surface area contributed by atoms with E-state index in [9.17, 15) is 9.18 Å². The summed E-state index contributed by atoms with van der Waals surface area (Å²) in [6.07, 6.45) is 6.19. The van der Waals surface area contributed by atoms with Gasteiger partial charge in [-0.3, -0.25) is 9.69 Å². The molecule has 1 fully saturated rings. The van der Waals surface area contributed by atoms with E-state index in [4.69, 9.17) is 31.0 Å². The highest BCUT2D eigenvalue weighted by atomic mass is 35.5. The average Bonchev–Trinajstić information content (AvgIpc) is 3.65. The molecule has 5 heterocycles. The molecule has 0 aliphatic carbocycles. The third-order valence-electron chi connectivity index (χ3n) is 9.82. The Balaban J connectivity index is 0.968. The van der Waals surface area contributed by atoms with Crippen LogP contribution in [0.5, 0.6) is 5.88 Å². The maximum Gasteiger partial charge on any atom is 0.255 e. The van der Waals surface area contributed by atoms with Crippen LogP contribution in [0.25, 0.3) is 27.5 Å². The van der Waals surface area contributed by atoms with Crippen LogP contribution in [0.3, 0.4) is 0 Å². The van der Waals surface area contributed by atoms with Crippen molar-refractivity contribution >= 4 is 50.7 Å². The van der Waals surface area contributed by atoms with Gasteiger partial charge in [0, 0.05) is 64.7 Å². The monoisotopic (exact) mass is 704 g/mol. The van der Waals surface area contributed by atoms with Crippen molar-refractivity contribution in [2.75, 3.05) is 25.0 Å². The van der Waals surface area contributed by atoms with Crippen molar-refractivity contribution < 1.29 is 18.7 Å². The molecule has 6 aromatic rings. The molecule has 2 N–H and O–H groups in total. The number of aryl methyl sites for hydroxylation is 2. The number of benzene rings is 3. The number of imidazole rings is 1. The van der Waals surface area contributed by atoms with Crippen molar-refractivity contribution in [3.63, 3.8) is 0 Å². The van der Waals surface area contributed by atoms with Crippen LogP contribution in [0.4, 0.5) is 10.1 Å². The van der Waals surface area contributed by atoms with E-state index >= 15 is 0 Å². The molecular formula is C40H38ClFN6O3. The topological polar surface area (TPSA) is 97.3 Å². The number of hydrogen-bond donors (Lipinski definition) is 2. The molecular weight excluding hydrogens is 667 g/mol. The number of carbonyl (C=O) groups excluding carboxylic acids is 1. The highest BCUT2D eigenvalue weighted by Crippen LogP contribution is 2.29. The molecule has 2 aliphatic rings. The molecule has 1 amide bonds. The summed E-state index contributed by atoms with van der Waals surface area (Å²) in [5, 5.41) is 4.50. The van der Waals surface area contributed by atoms with Gasteiger partial charge >= 0.3 is 0 Å². The number of nitrogens with one attached hydrogen (secondary N) is 2. The van der Waals surface area contributed by atoms with Crippen LogP contribution in [0.1, 0.15) is 51.4 Å². The number of rotatable bonds is 10. The molecule has 0 saturated carbocycles. The second-order valence-electron chi connectivity index (χ2n) is 13.4. The molecule has 51 heavy (non-hydrogen) atoms. The Labute approximate surface area is 300 Å². The maximum absolute atomic E-state index is 14.2. The largest absolute Gasteiger partial charge is 0.473 e. The number of nitrogens with zero attached hydrogens (tertiary/aromatic N) is 4.